The average molecular weight is 181 g/mol. The Morgan fingerprint density at radius 2 is 2.12 bits per heavy atom. The van der Waals surface area contributed by atoms with Crippen molar-refractivity contribution in [2.75, 3.05) is 6.61 Å². The van der Waals surface area contributed by atoms with Gasteiger partial charge in [0.05, 0.1) is 6.61 Å². The topological polar surface area (TPSA) is 49.7 Å². The van der Waals surface area contributed by atoms with Crippen molar-refractivity contribution >= 4 is 8.60 Å². The molecule has 0 fully saturated rings. The van der Waals surface area contributed by atoms with Crippen LogP contribution in [0.4, 0.5) is 0 Å². The molecule has 0 heterocycles. The molecule has 0 atom stereocenters. The van der Waals surface area contributed by atoms with E-state index in [9.17, 15) is 0 Å². The van der Waals surface area contributed by atoms with Gasteiger partial charge in [0.1, 0.15) is 0 Å². The molecule has 0 amide bonds. The molecule has 0 aromatic heterocycles. The Labute approximate surface area is 59.3 Å². The summed E-state index contributed by atoms with van der Waals surface area (Å²) < 4.78 is 4.25. The molecule has 0 aliphatic carbocycles. The third kappa shape index (κ3) is 9.74. The van der Waals surface area contributed by atoms with Gasteiger partial charge in [-0.1, -0.05) is 6.08 Å². The quantitative estimate of drug-likeness (QED) is 0.376. The largest absolute Gasteiger partial charge is 0.328 e. The standard InChI is InChI=1S/C3H7O3P.Ni/c1-2-3-6-7(4)5;/h2,4-5H,1,3H2;. The van der Waals surface area contributed by atoms with Crippen molar-refractivity contribution < 1.29 is 30.8 Å². The summed E-state index contributed by atoms with van der Waals surface area (Å²) in [4.78, 5) is 16.1. The third-order valence-electron chi connectivity index (χ3n) is 0.308. The van der Waals surface area contributed by atoms with E-state index in [1.807, 2.05) is 0 Å². The predicted molar refractivity (Wildman–Crippen MR) is 27.5 cm³/mol. The normalized spacial score (nSPS) is 8.38. The Kier molecular flexibility index (Phi) is 10.7. The van der Waals surface area contributed by atoms with Crippen molar-refractivity contribution in [3.63, 3.8) is 0 Å². The van der Waals surface area contributed by atoms with Crippen molar-refractivity contribution in [3.8, 4) is 0 Å². The molecule has 8 heavy (non-hydrogen) atoms. The summed E-state index contributed by atoms with van der Waals surface area (Å²) in [5.41, 5.74) is 0. The van der Waals surface area contributed by atoms with Gasteiger partial charge < -0.3 is 14.3 Å². The van der Waals surface area contributed by atoms with E-state index < -0.39 is 8.60 Å². The van der Waals surface area contributed by atoms with Gasteiger partial charge >= 0.3 is 8.60 Å². The van der Waals surface area contributed by atoms with Gasteiger partial charge in [0.25, 0.3) is 0 Å². The van der Waals surface area contributed by atoms with Crippen LogP contribution in [0.1, 0.15) is 0 Å². The number of hydrogen-bond acceptors (Lipinski definition) is 3. The van der Waals surface area contributed by atoms with Crippen LogP contribution in [0.2, 0.25) is 0 Å². The molecule has 0 aliphatic rings. The first-order chi connectivity index (χ1) is 3.27. The van der Waals surface area contributed by atoms with Crippen LogP contribution in [0.3, 0.4) is 0 Å². The van der Waals surface area contributed by atoms with E-state index in [2.05, 4.69) is 11.1 Å². The molecule has 2 N–H and O–H groups in total. The van der Waals surface area contributed by atoms with Crippen molar-refractivity contribution in [2.24, 2.45) is 0 Å². The van der Waals surface area contributed by atoms with Gasteiger partial charge in [0, 0.05) is 16.5 Å². The minimum absolute atomic E-state index is 0. The molecule has 3 nitrogen and oxygen atoms in total. The summed E-state index contributed by atoms with van der Waals surface area (Å²) in [7, 11) is -2.18. The van der Waals surface area contributed by atoms with Crippen LogP contribution in [0.5, 0.6) is 0 Å². The molecule has 52 valence electrons. The van der Waals surface area contributed by atoms with Gasteiger partial charge in [-0.2, -0.15) is 0 Å². The first-order valence-electron chi connectivity index (χ1n) is 1.69. The van der Waals surface area contributed by atoms with Crippen molar-refractivity contribution in [1.82, 2.24) is 0 Å². The van der Waals surface area contributed by atoms with Crippen LogP contribution >= 0.6 is 8.60 Å². The fourth-order valence-electron chi connectivity index (χ4n) is 0.119. The summed E-state index contributed by atoms with van der Waals surface area (Å²) >= 11 is 0. The molecule has 0 saturated carbocycles. The van der Waals surface area contributed by atoms with E-state index in [4.69, 9.17) is 9.79 Å². The summed E-state index contributed by atoms with van der Waals surface area (Å²) in [6, 6.07) is 0. The second-order valence-corrected chi connectivity index (χ2v) is 1.60. The fraction of sp³-hybridized carbons (Fsp3) is 0.333. The molecule has 0 unspecified atom stereocenters. The van der Waals surface area contributed by atoms with Crippen LogP contribution < -0.4 is 0 Å². The molecule has 0 spiro atoms. The zero-order valence-corrected chi connectivity index (χ0v) is 5.94. The second kappa shape index (κ2) is 7.54. The van der Waals surface area contributed by atoms with Crippen LogP contribution in [-0.4, -0.2) is 16.4 Å². The van der Waals surface area contributed by atoms with Crippen LogP contribution in [0.25, 0.3) is 0 Å². The monoisotopic (exact) mass is 180 g/mol. The van der Waals surface area contributed by atoms with Crippen molar-refractivity contribution in [2.45, 2.75) is 0 Å². The Morgan fingerprint density at radius 1 is 1.62 bits per heavy atom. The summed E-state index contributed by atoms with van der Waals surface area (Å²) in [5.74, 6) is 0. The van der Waals surface area contributed by atoms with E-state index in [0.717, 1.165) is 0 Å². The molecule has 0 aliphatic heterocycles. The second-order valence-electron chi connectivity index (χ2n) is 0.837. The summed E-state index contributed by atoms with van der Waals surface area (Å²) in [6.07, 6.45) is 1.45. The Morgan fingerprint density at radius 3 is 2.25 bits per heavy atom. The Bertz CT molecular complexity index is 58.5. The SMILES string of the molecule is C=CCOP(O)O.[Ni]. The van der Waals surface area contributed by atoms with Gasteiger partial charge in [-0.3, -0.25) is 0 Å². The molecular weight excluding hydrogens is 174 g/mol. The maximum atomic E-state index is 8.03. The van der Waals surface area contributed by atoms with Crippen LogP contribution in [0.15, 0.2) is 12.7 Å². The predicted octanol–water partition coefficient (Wildman–Crippen LogP) is 0.398. The maximum Gasteiger partial charge on any atom is 0.327 e. The zero-order chi connectivity index (χ0) is 5.70. The maximum absolute atomic E-state index is 8.03. The van der Waals surface area contributed by atoms with E-state index >= 15 is 0 Å². The summed E-state index contributed by atoms with van der Waals surface area (Å²) in [5, 5.41) is 0. The van der Waals surface area contributed by atoms with E-state index in [-0.39, 0.29) is 23.1 Å². The average Bonchev–Trinajstić information content (AvgIpc) is 1.61. The van der Waals surface area contributed by atoms with E-state index in [1.165, 1.54) is 6.08 Å². The molecule has 0 saturated heterocycles. The Balaban J connectivity index is 0. The third-order valence-corrected chi connectivity index (χ3v) is 0.688. The van der Waals surface area contributed by atoms with Crippen LogP contribution in [-0.2, 0) is 21.0 Å². The van der Waals surface area contributed by atoms with Gasteiger partial charge in [-0.05, 0) is 0 Å². The van der Waals surface area contributed by atoms with Crippen molar-refractivity contribution in [1.29, 1.82) is 0 Å². The van der Waals surface area contributed by atoms with E-state index in [0.29, 0.717) is 0 Å². The molecule has 0 radical (unpaired) electrons. The van der Waals surface area contributed by atoms with Crippen LogP contribution in [0, 0.1) is 0 Å². The molecule has 0 bridgehead atoms. The smallest absolute Gasteiger partial charge is 0.327 e. The molecule has 5 heteroatoms. The Hall–Kier alpha value is 0.544. The minimum atomic E-state index is -2.18. The van der Waals surface area contributed by atoms with Gasteiger partial charge in [0.15, 0.2) is 0 Å². The van der Waals surface area contributed by atoms with Gasteiger partial charge in [-0.15, -0.1) is 6.58 Å². The fourth-order valence-corrected chi connectivity index (χ4v) is 0.358. The van der Waals surface area contributed by atoms with E-state index in [1.54, 1.807) is 0 Å². The molecule has 0 rings (SSSR count). The van der Waals surface area contributed by atoms with Crippen molar-refractivity contribution in [3.05, 3.63) is 12.7 Å². The first kappa shape index (κ1) is 11.4. The first-order valence-corrected chi connectivity index (χ1v) is 2.85. The number of hydrogen-bond donors (Lipinski definition) is 2. The molecule has 0 aromatic carbocycles. The molecule has 0 aromatic rings. The zero-order valence-electron chi connectivity index (χ0n) is 4.06. The number of rotatable bonds is 3. The van der Waals surface area contributed by atoms with Gasteiger partial charge in [0.2, 0.25) is 0 Å². The summed E-state index contributed by atoms with van der Waals surface area (Å²) in [6.45, 7) is 3.49. The van der Waals surface area contributed by atoms with Gasteiger partial charge in [-0.25, -0.2) is 0 Å². The minimum Gasteiger partial charge on any atom is -0.328 e. The molecular formula is C3H7NiO3P.